The lowest BCUT2D eigenvalue weighted by atomic mass is 10.1. The van der Waals surface area contributed by atoms with Gasteiger partial charge in [-0.15, -0.1) is 0 Å². The molecule has 4 nitrogen and oxygen atoms in total. The Labute approximate surface area is 70.8 Å². The van der Waals surface area contributed by atoms with Crippen LogP contribution >= 0.6 is 0 Å². The van der Waals surface area contributed by atoms with Gasteiger partial charge in [0.15, 0.2) is 5.43 Å². The third-order valence-electron chi connectivity index (χ3n) is 1.89. The summed E-state index contributed by atoms with van der Waals surface area (Å²) < 4.78 is 0. The van der Waals surface area contributed by atoms with Gasteiger partial charge in [0.25, 0.3) is 0 Å². The summed E-state index contributed by atoms with van der Waals surface area (Å²) in [5.41, 5.74) is 4.88. The summed E-state index contributed by atoms with van der Waals surface area (Å²) in [6.45, 7) is 4.06. The third-order valence-corrected chi connectivity index (χ3v) is 1.89. The molecule has 0 spiro atoms. The molecule has 4 heteroatoms. The molecule has 0 fully saturated rings. The average Bonchev–Trinajstić information content (AvgIpc) is 2.07. The van der Waals surface area contributed by atoms with Crippen LogP contribution in [0.3, 0.4) is 0 Å². The zero-order valence-corrected chi connectivity index (χ0v) is 7.27. The van der Waals surface area contributed by atoms with Crippen LogP contribution in [0, 0.1) is 13.8 Å². The van der Waals surface area contributed by atoms with E-state index in [0.29, 0.717) is 6.54 Å². The van der Waals surface area contributed by atoms with Gasteiger partial charge in [-0.3, -0.25) is 16.1 Å². The Morgan fingerprint density at radius 3 is 2.83 bits per heavy atom. The van der Waals surface area contributed by atoms with Crippen LogP contribution in [-0.4, -0.2) is 4.98 Å². The van der Waals surface area contributed by atoms with E-state index in [1.54, 1.807) is 20.0 Å². The molecule has 66 valence electrons. The van der Waals surface area contributed by atoms with Crippen molar-refractivity contribution in [3.63, 3.8) is 0 Å². The number of aryl methyl sites for hydroxylation is 1. The molecule has 0 saturated carbocycles. The minimum atomic E-state index is 0.0824. The lowest BCUT2D eigenvalue weighted by molar-refractivity contribution is 0.716. The van der Waals surface area contributed by atoms with E-state index >= 15 is 0 Å². The Morgan fingerprint density at radius 2 is 2.25 bits per heavy atom. The Morgan fingerprint density at radius 1 is 1.58 bits per heavy atom. The van der Waals surface area contributed by atoms with Crippen LogP contribution in [0.1, 0.15) is 16.8 Å². The summed E-state index contributed by atoms with van der Waals surface area (Å²) in [5, 5.41) is 0. The number of hydrogen-bond acceptors (Lipinski definition) is 3. The first-order chi connectivity index (χ1) is 5.66. The van der Waals surface area contributed by atoms with Gasteiger partial charge in [-0.2, -0.15) is 0 Å². The van der Waals surface area contributed by atoms with Gasteiger partial charge in [-0.05, 0) is 13.8 Å². The summed E-state index contributed by atoms with van der Waals surface area (Å²) in [6, 6.07) is 0. The van der Waals surface area contributed by atoms with E-state index in [-0.39, 0.29) is 5.43 Å². The zero-order chi connectivity index (χ0) is 9.14. The number of H-pyrrole nitrogens is 1. The molecule has 0 aliphatic carbocycles. The van der Waals surface area contributed by atoms with Crippen LogP contribution in [-0.2, 0) is 6.54 Å². The summed E-state index contributed by atoms with van der Waals surface area (Å²) in [7, 11) is 0. The van der Waals surface area contributed by atoms with Crippen molar-refractivity contribution in [3.05, 3.63) is 33.2 Å². The largest absolute Gasteiger partial charge is 0.363 e. The fourth-order valence-corrected chi connectivity index (χ4v) is 1.09. The predicted octanol–water partition coefficient (Wildman–Crippen LogP) is -0.0450. The number of nitrogens with two attached hydrogens (primary N) is 1. The molecule has 0 bridgehead atoms. The van der Waals surface area contributed by atoms with E-state index in [0.717, 1.165) is 16.8 Å². The van der Waals surface area contributed by atoms with Crippen molar-refractivity contribution in [2.24, 2.45) is 5.84 Å². The number of aromatic nitrogens is 1. The van der Waals surface area contributed by atoms with Crippen LogP contribution in [0.25, 0.3) is 0 Å². The van der Waals surface area contributed by atoms with Gasteiger partial charge in [-0.25, -0.2) is 0 Å². The van der Waals surface area contributed by atoms with Crippen LogP contribution in [0.2, 0.25) is 0 Å². The lowest BCUT2D eigenvalue weighted by Crippen LogP contribution is -2.24. The fraction of sp³-hybridized carbons (Fsp3) is 0.375. The van der Waals surface area contributed by atoms with Crippen LogP contribution in [0.4, 0.5) is 0 Å². The Kier molecular flexibility index (Phi) is 2.62. The Hall–Kier alpha value is -1.13. The topological polar surface area (TPSA) is 70.9 Å². The lowest BCUT2D eigenvalue weighted by Gasteiger charge is -2.04. The SMILES string of the molecule is Cc1c[nH]c(CNN)c(C)c1=O. The number of nitrogens with one attached hydrogen (secondary N) is 2. The van der Waals surface area contributed by atoms with E-state index in [1.165, 1.54) is 0 Å². The monoisotopic (exact) mass is 167 g/mol. The van der Waals surface area contributed by atoms with E-state index in [2.05, 4.69) is 10.4 Å². The van der Waals surface area contributed by atoms with Crippen LogP contribution < -0.4 is 16.7 Å². The first-order valence-corrected chi connectivity index (χ1v) is 3.78. The number of hydrazine groups is 1. The second-order valence-corrected chi connectivity index (χ2v) is 2.79. The summed E-state index contributed by atoms with van der Waals surface area (Å²) in [6.07, 6.45) is 1.70. The first kappa shape index (κ1) is 8.96. The third kappa shape index (κ3) is 1.54. The van der Waals surface area contributed by atoms with Gasteiger partial charge in [-0.1, -0.05) is 0 Å². The molecule has 4 N–H and O–H groups in total. The molecule has 0 aliphatic heterocycles. The van der Waals surface area contributed by atoms with Gasteiger partial charge >= 0.3 is 0 Å². The molecular formula is C8H13N3O. The van der Waals surface area contributed by atoms with E-state index in [1.807, 2.05) is 0 Å². The van der Waals surface area contributed by atoms with E-state index < -0.39 is 0 Å². The van der Waals surface area contributed by atoms with Gasteiger partial charge in [0.1, 0.15) is 0 Å². The molecule has 1 rings (SSSR count). The van der Waals surface area contributed by atoms with Gasteiger partial charge in [0.05, 0.1) is 6.54 Å². The quantitative estimate of drug-likeness (QED) is 0.427. The number of hydrogen-bond donors (Lipinski definition) is 3. The molecule has 0 radical (unpaired) electrons. The molecule has 1 aromatic heterocycles. The fourth-order valence-electron chi connectivity index (χ4n) is 1.09. The van der Waals surface area contributed by atoms with Gasteiger partial charge < -0.3 is 4.98 Å². The molecule has 1 heterocycles. The molecule has 0 unspecified atom stereocenters. The number of aromatic amines is 1. The Bertz CT molecular complexity index is 330. The maximum Gasteiger partial charge on any atom is 0.187 e. The normalized spacial score (nSPS) is 10.2. The first-order valence-electron chi connectivity index (χ1n) is 3.78. The summed E-state index contributed by atoms with van der Waals surface area (Å²) >= 11 is 0. The van der Waals surface area contributed by atoms with Crippen molar-refractivity contribution in [1.29, 1.82) is 0 Å². The molecule has 12 heavy (non-hydrogen) atoms. The molecule has 1 aromatic rings. The van der Waals surface area contributed by atoms with Crippen molar-refractivity contribution >= 4 is 0 Å². The zero-order valence-electron chi connectivity index (χ0n) is 7.27. The molecular weight excluding hydrogens is 154 g/mol. The van der Waals surface area contributed by atoms with Crippen molar-refractivity contribution in [3.8, 4) is 0 Å². The van der Waals surface area contributed by atoms with Crippen molar-refractivity contribution in [1.82, 2.24) is 10.4 Å². The minimum absolute atomic E-state index is 0.0824. The standard InChI is InChI=1S/C8H13N3O/c1-5-3-10-7(4-11-9)6(2)8(5)12/h3,11H,4,9H2,1-2H3,(H,10,12). The molecule has 0 atom stereocenters. The van der Waals surface area contributed by atoms with Crippen LogP contribution in [0.15, 0.2) is 11.0 Å². The second-order valence-electron chi connectivity index (χ2n) is 2.79. The second kappa shape index (κ2) is 3.51. The smallest absolute Gasteiger partial charge is 0.187 e. The van der Waals surface area contributed by atoms with Gasteiger partial charge in [0, 0.05) is 23.0 Å². The maximum absolute atomic E-state index is 11.4. The van der Waals surface area contributed by atoms with Crippen LogP contribution in [0.5, 0.6) is 0 Å². The molecule has 0 amide bonds. The predicted molar refractivity (Wildman–Crippen MR) is 47.6 cm³/mol. The van der Waals surface area contributed by atoms with Crippen molar-refractivity contribution in [2.45, 2.75) is 20.4 Å². The van der Waals surface area contributed by atoms with Crippen molar-refractivity contribution in [2.75, 3.05) is 0 Å². The Balaban J connectivity index is 3.18. The summed E-state index contributed by atoms with van der Waals surface area (Å²) in [5.74, 6) is 5.15. The minimum Gasteiger partial charge on any atom is -0.363 e. The highest BCUT2D eigenvalue weighted by molar-refractivity contribution is 5.23. The number of pyridine rings is 1. The average molecular weight is 167 g/mol. The summed E-state index contributed by atoms with van der Waals surface area (Å²) in [4.78, 5) is 14.4. The highest BCUT2D eigenvalue weighted by Gasteiger charge is 2.02. The van der Waals surface area contributed by atoms with E-state index in [4.69, 9.17) is 5.84 Å². The highest BCUT2D eigenvalue weighted by atomic mass is 16.1. The molecule has 0 saturated heterocycles. The molecule has 0 aromatic carbocycles. The van der Waals surface area contributed by atoms with Gasteiger partial charge in [0.2, 0.25) is 0 Å². The highest BCUT2D eigenvalue weighted by Crippen LogP contribution is 1.98. The maximum atomic E-state index is 11.4. The molecule has 0 aliphatic rings. The van der Waals surface area contributed by atoms with Crippen molar-refractivity contribution < 1.29 is 0 Å². The van der Waals surface area contributed by atoms with E-state index in [9.17, 15) is 4.79 Å². The number of rotatable bonds is 2.